The van der Waals surface area contributed by atoms with Crippen LogP contribution in [0.25, 0.3) is 0 Å². The number of carbonyl (C=O) groups is 1. The van der Waals surface area contributed by atoms with E-state index in [0.29, 0.717) is 17.6 Å². The summed E-state index contributed by atoms with van der Waals surface area (Å²) in [6.45, 7) is 3.54. The fourth-order valence-electron chi connectivity index (χ4n) is 0.763. The molecule has 0 aliphatic rings. The third kappa shape index (κ3) is 1.47. The summed E-state index contributed by atoms with van der Waals surface area (Å²) in [6.07, 6.45) is 0.547. The molecule has 56 valence electrons. The molecule has 0 spiro atoms. The van der Waals surface area contributed by atoms with Gasteiger partial charge >= 0.3 is 0 Å². The number of hydrogen-bond donors (Lipinski definition) is 0. The van der Waals surface area contributed by atoms with Gasteiger partial charge in [-0.1, -0.05) is 11.1 Å². The summed E-state index contributed by atoms with van der Waals surface area (Å²) in [5.41, 5.74) is 1.42. The molecule has 11 heavy (non-hydrogen) atoms. The van der Waals surface area contributed by atoms with Gasteiger partial charge in [0.25, 0.3) is 0 Å². The molecule has 0 bridgehead atoms. The zero-order valence-corrected chi connectivity index (χ0v) is 6.34. The number of aldehydes is 1. The molecule has 3 nitrogen and oxygen atoms in total. The lowest BCUT2D eigenvalue weighted by atomic mass is 10.2. The van der Waals surface area contributed by atoms with E-state index in [0.717, 1.165) is 5.69 Å². The van der Waals surface area contributed by atoms with Crippen molar-refractivity contribution in [1.82, 2.24) is 5.16 Å². The predicted molar refractivity (Wildman–Crippen MR) is 38.9 cm³/mol. The SMILES string of the molecule is Cc1noc(C)c1C#CC=O. The average Bonchev–Trinajstić information content (AvgIpc) is 2.29. The lowest BCUT2D eigenvalue weighted by Gasteiger charge is -1.81. The summed E-state index contributed by atoms with van der Waals surface area (Å²) in [5, 5.41) is 3.68. The van der Waals surface area contributed by atoms with Crippen molar-refractivity contribution in [2.24, 2.45) is 0 Å². The molecule has 1 rings (SSSR count). The van der Waals surface area contributed by atoms with Crippen LogP contribution in [0.3, 0.4) is 0 Å². The Hall–Kier alpha value is -1.56. The van der Waals surface area contributed by atoms with Crippen molar-refractivity contribution < 1.29 is 9.32 Å². The molecule has 0 radical (unpaired) electrons. The van der Waals surface area contributed by atoms with Crippen LogP contribution in [-0.2, 0) is 4.79 Å². The van der Waals surface area contributed by atoms with Gasteiger partial charge in [0.15, 0.2) is 6.29 Å². The van der Waals surface area contributed by atoms with Crippen molar-refractivity contribution in [1.29, 1.82) is 0 Å². The first-order valence-corrected chi connectivity index (χ1v) is 3.13. The van der Waals surface area contributed by atoms with Crippen LogP contribution >= 0.6 is 0 Å². The topological polar surface area (TPSA) is 43.1 Å². The summed E-state index contributed by atoms with van der Waals surface area (Å²) < 4.78 is 4.82. The molecule has 0 unspecified atom stereocenters. The number of rotatable bonds is 0. The van der Waals surface area contributed by atoms with Gasteiger partial charge in [-0.15, -0.1) is 0 Å². The molecule has 0 amide bonds. The normalized spacial score (nSPS) is 8.55. The Balaban J connectivity index is 3.10. The van der Waals surface area contributed by atoms with Gasteiger partial charge in [0.05, 0.1) is 11.3 Å². The lowest BCUT2D eigenvalue weighted by molar-refractivity contribution is -0.103. The standard InChI is InChI=1S/C8H7NO2/c1-6-8(4-3-5-10)7(2)11-9-6/h5H,1-2H3. The molecular weight excluding hydrogens is 142 g/mol. The summed E-state index contributed by atoms with van der Waals surface area (Å²) in [5.74, 6) is 5.59. The van der Waals surface area contributed by atoms with Crippen LogP contribution in [-0.4, -0.2) is 11.4 Å². The highest BCUT2D eigenvalue weighted by Crippen LogP contribution is 2.09. The molecule has 0 saturated carbocycles. The van der Waals surface area contributed by atoms with Crippen LogP contribution in [0, 0.1) is 25.7 Å². The molecule has 1 heterocycles. The van der Waals surface area contributed by atoms with Crippen molar-refractivity contribution in [2.45, 2.75) is 13.8 Å². The van der Waals surface area contributed by atoms with Gasteiger partial charge in [-0.3, -0.25) is 4.79 Å². The van der Waals surface area contributed by atoms with Crippen LogP contribution in [0.15, 0.2) is 4.52 Å². The van der Waals surface area contributed by atoms with Crippen LogP contribution < -0.4 is 0 Å². The van der Waals surface area contributed by atoms with Gasteiger partial charge in [0, 0.05) is 0 Å². The van der Waals surface area contributed by atoms with E-state index in [2.05, 4.69) is 17.0 Å². The molecule has 0 aliphatic heterocycles. The van der Waals surface area contributed by atoms with Crippen LogP contribution in [0.2, 0.25) is 0 Å². The molecule has 1 aromatic rings. The largest absolute Gasteiger partial charge is 0.360 e. The lowest BCUT2D eigenvalue weighted by Crippen LogP contribution is -1.78. The van der Waals surface area contributed by atoms with E-state index in [1.54, 1.807) is 13.8 Å². The molecule has 1 aromatic heterocycles. The second-order valence-corrected chi connectivity index (χ2v) is 2.09. The maximum absolute atomic E-state index is 9.90. The van der Waals surface area contributed by atoms with Crippen LogP contribution in [0.1, 0.15) is 17.0 Å². The zero-order valence-electron chi connectivity index (χ0n) is 6.34. The number of carbonyl (C=O) groups excluding carboxylic acids is 1. The average molecular weight is 149 g/mol. The quantitative estimate of drug-likeness (QED) is 0.405. The molecule has 0 aromatic carbocycles. The van der Waals surface area contributed by atoms with Gasteiger partial charge in [-0.2, -0.15) is 0 Å². The minimum atomic E-state index is 0.547. The van der Waals surface area contributed by atoms with E-state index in [-0.39, 0.29) is 0 Å². The van der Waals surface area contributed by atoms with E-state index < -0.39 is 0 Å². The molecule has 3 heteroatoms. The Morgan fingerprint density at radius 1 is 1.55 bits per heavy atom. The highest BCUT2D eigenvalue weighted by atomic mass is 16.5. The first kappa shape index (κ1) is 7.55. The molecule has 0 saturated heterocycles. The van der Waals surface area contributed by atoms with E-state index in [9.17, 15) is 4.79 Å². The van der Waals surface area contributed by atoms with Gasteiger partial charge in [-0.25, -0.2) is 0 Å². The number of hydrogen-bond acceptors (Lipinski definition) is 3. The van der Waals surface area contributed by atoms with Crippen molar-refractivity contribution >= 4 is 6.29 Å². The Kier molecular flexibility index (Phi) is 2.07. The second-order valence-electron chi connectivity index (χ2n) is 2.09. The Morgan fingerprint density at radius 2 is 2.27 bits per heavy atom. The molecule has 0 fully saturated rings. The first-order chi connectivity index (χ1) is 5.25. The van der Waals surface area contributed by atoms with Gasteiger partial charge < -0.3 is 4.52 Å². The van der Waals surface area contributed by atoms with E-state index >= 15 is 0 Å². The number of aryl methyl sites for hydroxylation is 2. The minimum absolute atomic E-state index is 0.547. The molecule has 0 aliphatic carbocycles. The highest BCUT2D eigenvalue weighted by Gasteiger charge is 2.04. The second kappa shape index (κ2) is 3.02. The van der Waals surface area contributed by atoms with Crippen molar-refractivity contribution in [3.05, 3.63) is 17.0 Å². The summed E-state index contributed by atoms with van der Waals surface area (Å²) in [6, 6.07) is 0. The molecular formula is C8H7NO2. The minimum Gasteiger partial charge on any atom is -0.360 e. The number of aromatic nitrogens is 1. The fourth-order valence-corrected chi connectivity index (χ4v) is 0.763. The fraction of sp³-hybridized carbons (Fsp3) is 0.250. The Bertz CT molecular complexity index is 308. The maximum atomic E-state index is 9.90. The monoisotopic (exact) mass is 149 g/mol. The zero-order chi connectivity index (χ0) is 8.27. The first-order valence-electron chi connectivity index (χ1n) is 3.13. The van der Waals surface area contributed by atoms with E-state index in [1.165, 1.54) is 0 Å². The third-order valence-corrected chi connectivity index (χ3v) is 1.29. The summed E-state index contributed by atoms with van der Waals surface area (Å²) in [4.78, 5) is 9.90. The van der Waals surface area contributed by atoms with Crippen molar-refractivity contribution in [2.75, 3.05) is 0 Å². The predicted octanol–water partition coefficient (Wildman–Crippen LogP) is 0.842. The number of nitrogens with zero attached hydrogens (tertiary/aromatic N) is 1. The van der Waals surface area contributed by atoms with Crippen LogP contribution in [0.5, 0.6) is 0 Å². The van der Waals surface area contributed by atoms with Crippen LogP contribution in [0.4, 0.5) is 0 Å². The van der Waals surface area contributed by atoms with Crippen molar-refractivity contribution in [3.8, 4) is 11.8 Å². The Morgan fingerprint density at radius 3 is 2.73 bits per heavy atom. The van der Waals surface area contributed by atoms with Crippen molar-refractivity contribution in [3.63, 3.8) is 0 Å². The van der Waals surface area contributed by atoms with E-state index in [1.807, 2.05) is 0 Å². The van der Waals surface area contributed by atoms with Gasteiger partial charge in [0.2, 0.25) is 0 Å². The van der Waals surface area contributed by atoms with Gasteiger partial charge in [-0.05, 0) is 19.8 Å². The smallest absolute Gasteiger partial charge is 0.193 e. The van der Waals surface area contributed by atoms with E-state index in [4.69, 9.17) is 4.52 Å². The molecule has 0 atom stereocenters. The summed E-state index contributed by atoms with van der Waals surface area (Å²) in [7, 11) is 0. The highest BCUT2D eigenvalue weighted by molar-refractivity contribution is 5.74. The Labute approximate surface area is 64.4 Å². The third-order valence-electron chi connectivity index (χ3n) is 1.29. The van der Waals surface area contributed by atoms with Gasteiger partial charge in [0.1, 0.15) is 5.76 Å². The molecule has 0 N–H and O–H groups in total. The maximum Gasteiger partial charge on any atom is 0.193 e. The summed E-state index contributed by atoms with van der Waals surface area (Å²) >= 11 is 0.